The maximum atomic E-state index is 6.12. The first kappa shape index (κ1) is 16.6. The van der Waals surface area contributed by atoms with E-state index in [0.29, 0.717) is 12.1 Å². The third kappa shape index (κ3) is 3.88. The Labute approximate surface area is 149 Å². The van der Waals surface area contributed by atoms with Gasteiger partial charge in [-0.1, -0.05) is 12.1 Å². The van der Waals surface area contributed by atoms with Crippen LogP contribution in [0.3, 0.4) is 0 Å². The number of aromatic nitrogens is 2. The molecule has 2 heterocycles. The lowest BCUT2D eigenvalue weighted by molar-refractivity contribution is 0.0893. The molecule has 0 bridgehead atoms. The summed E-state index contributed by atoms with van der Waals surface area (Å²) in [6.45, 7) is 1.59. The normalized spacial score (nSPS) is 24.0. The van der Waals surface area contributed by atoms with E-state index in [1.807, 2.05) is 24.0 Å². The highest BCUT2D eigenvalue weighted by Crippen LogP contribution is 2.28. The van der Waals surface area contributed by atoms with Gasteiger partial charge in [0.2, 0.25) is 0 Å². The van der Waals surface area contributed by atoms with Gasteiger partial charge in [0.15, 0.2) is 0 Å². The molecule has 0 amide bonds. The maximum absolute atomic E-state index is 6.12. The van der Waals surface area contributed by atoms with Crippen LogP contribution in [0.5, 0.6) is 5.75 Å². The Bertz CT molecular complexity index is 694. The Balaban J connectivity index is 1.36. The molecule has 0 spiro atoms. The molecular weight excluding hydrogens is 314 g/mol. The summed E-state index contributed by atoms with van der Waals surface area (Å²) in [5.41, 5.74) is 1.25. The van der Waals surface area contributed by atoms with Crippen LogP contribution < -0.4 is 10.1 Å². The van der Waals surface area contributed by atoms with Crippen LogP contribution in [0.15, 0.2) is 36.7 Å². The number of nitrogens with one attached hydrogen (secondary N) is 1. The molecule has 0 unspecified atom stereocenters. The number of nitrogens with zero attached hydrogens (tertiary/aromatic N) is 2. The Morgan fingerprint density at radius 3 is 2.96 bits per heavy atom. The van der Waals surface area contributed by atoms with Crippen molar-refractivity contribution in [3.05, 3.63) is 48.0 Å². The van der Waals surface area contributed by atoms with Crippen molar-refractivity contribution in [2.75, 3.05) is 6.61 Å². The highest BCUT2D eigenvalue weighted by molar-refractivity contribution is 5.28. The minimum absolute atomic E-state index is 0.0259. The zero-order chi connectivity index (χ0) is 17.1. The lowest BCUT2D eigenvalue weighted by Crippen LogP contribution is -2.32. The van der Waals surface area contributed by atoms with E-state index in [9.17, 15) is 0 Å². The summed E-state index contributed by atoms with van der Waals surface area (Å²) in [5, 5.41) is 3.65. The van der Waals surface area contributed by atoms with Gasteiger partial charge in [0.05, 0.1) is 6.10 Å². The average molecular weight is 341 g/mol. The van der Waals surface area contributed by atoms with Gasteiger partial charge in [-0.05, 0) is 49.8 Å². The molecule has 2 fully saturated rings. The lowest BCUT2D eigenvalue weighted by Gasteiger charge is -2.20. The Morgan fingerprint density at radius 1 is 1.28 bits per heavy atom. The van der Waals surface area contributed by atoms with Gasteiger partial charge in [-0.2, -0.15) is 0 Å². The first-order valence-electron chi connectivity index (χ1n) is 9.37. The first-order valence-corrected chi connectivity index (χ1v) is 9.37. The van der Waals surface area contributed by atoms with E-state index in [1.54, 1.807) is 0 Å². The minimum Gasteiger partial charge on any atom is -0.490 e. The molecule has 1 saturated heterocycles. The highest BCUT2D eigenvalue weighted by atomic mass is 16.5. The number of imidazole rings is 1. The van der Waals surface area contributed by atoms with Crippen LogP contribution in [0.25, 0.3) is 0 Å². The van der Waals surface area contributed by atoms with Crippen LogP contribution >= 0.6 is 0 Å². The predicted octanol–water partition coefficient (Wildman–Crippen LogP) is 3.36. The molecule has 134 valence electrons. The smallest absolute Gasteiger partial charge is 0.139 e. The van der Waals surface area contributed by atoms with Gasteiger partial charge >= 0.3 is 0 Å². The summed E-state index contributed by atoms with van der Waals surface area (Å²) in [5.74, 6) is 1.99. The molecule has 1 aliphatic carbocycles. The van der Waals surface area contributed by atoms with Gasteiger partial charge in [0.1, 0.15) is 17.7 Å². The number of aryl methyl sites for hydroxylation is 1. The number of rotatable bonds is 6. The molecule has 1 saturated carbocycles. The number of hydrogen-bond donors (Lipinski definition) is 1. The van der Waals surface area contributed by atoms with Crippen molar-refractivity contribution in [3.8, 4) is 5.75 Å². The molecule has 2 atom stereocenters. The van der Waals surface area contributed by atoms with E-state index >= 15 is 0 Å². The summed E-state index contributed by atoms with van der Waals surface area (Å²) >= 11 is 0. The fourth-order valence-corrected chi connectivity index (χ4v) is 3.88. The van der Waals surface area contributed by atoms with Crippen molar-refractivity contribution in [2.24, 2.45) is 7.05 Å². The first-order chi connectivity index (χ1) is 12.3. The highest BCUT2D eigenvalue weighted by Gasteiger charge is 2.31. The van der Waals surface area contributed by atoms with E-state index in [1.165, 1.54) is 31.2 Å². The van der Waals surface area contributed by atoms with E-state index < -0.39 is 0 Å². The summed E-state index contributed by atoms with van der Waals surface area (Å²) in [6.07, 6.45) is 10.2. The van der Waals surface area contributed by atoms with Crippen molar-refractivity contribution in [3.63, 3.8) is 0 Å². The second-order valence-corrected chi connectivity index (χ2v) is 7.14. The van der Waals surface area contributed by atoms with Crippen LogP contribution in [0.1, 0.15) is 49.6 Å². The number of ether oxygens (including phenoxy) is 2. The van der Waals surface area contributed by atoms with Gasteiger partial charge in [0.25, 0.3) is 0 Å². The van der Waals surface area contributed by atoms with Crippen molar-refractivity contribution < 1.29 is 9.47 Å². The van der Waals surface area contributed by atoms with Gasteiger partial charge < -0.3 is 19.4 Å². The number of hydrogen-bond acceptors (Lipinski definition) is 4. The molecule has 2 aromatic rings. The molecule has 2 aliphatic rings. The zero-order valence-electron chi connectivity index (χ0n) is 14.9. The van der Waals surface area contributed by atoms with Crippen molar-refractivity contribution in [1.29, 1.82) is 0 Å². The fraction of sp³-hybridized carbons (Fsp3) is 0.550. The second kappa shape index (κ2) is 7.58. The Hall–Kier alpha value is -1.85. The monoisotopic (exact) mass is 341 g/mol. The molecule has 1 aromatic heterocycles. The van der Waals surface area contributed by atoms with E-state index in [0.717, 1.165) is 31.1 Å². The van der Waals surface area contributed by atoms with Crippen molar-refractivity contribution in [2.45, 2.75) is 56.9 Å². The molecule has 4 rings (SSSR count). The van der Waals surface area contributed by atoms with E-state index in [4.69, 9.17) is 9.47 Å². The second-order valence-electron chi connectivity index (χ2n) is 7.14. The summed E-state index contributed by atoms with van der Waals surface area (Å²) < 4.78 is 14.1. The standard InChI is InChI=1S/C20H27N3O2/c1-23-11-10-21-20(23)19-18(9-12-24-19)22-14-15-5-4-8-17(13-15)25-16-6-2-3-7-16/h4-5,8,10-11,13,16,18-19,22H,2-3,6-7,9,12,14H2,1H3/t18-,19-/m0/s1. The van der Waals surface area contributed by atoms with Gasteiger partial charge in [-0.3, -0.25) is 0 Å². The Kier molecular flexibility index (Phi) is 5.04. The van der Waals surface area contributed by atoms with Crippen LogP contribution in [-0.2, 0) is 18.3 Å². The SMILES string of the molecule is Cn1ccnc1[C@H]1OCC[C@@H]1NCc1cccc(OC2CCCC2)c1. The molecule has 1 aromatic carbocycles. The molecule has 1 aliphatic heterocycles. The van der Waals surface area contributed by atoms with E-state index in [2.05, 4.69) is 34.6 Å². The largest absolute Gasteiger partial charge is 0.490 e. The van der Waals surface area contributed by atoms with Crippen LogP contribution in [0, 0.1) is 0 Å². The minimum atomic E-state index is 0.0259. The maximum Gasteiger partial charge on any atom is 0.139 e. The predicted molar refractivity (Wildman–Crippen MR) is 96.5 cm³/mol. The lowest BCUT2D eigenvalue weighted by atomic mass is 10.1. The molecule has 1 N–H and O–H groups in total. The summed E-state index contributed by atoms with van der Waals surface area (Å²) in [6, 6.07) is 8.76. The Morgan fingerprint density at radius 2 is 2.16 bits per heavy atom. The zero-order valence-corrected chi connectivity index (χ0v) is 14.9. The van der Waals surface area contributed by atoms with Crippen molar-refractivity contribution in [1.82, 2.24) is 14.9 Å². The molecular formula is C20H27N3O2. The fourth-order valence-electron chi connectivity index (χ4n) is 3.88. The summed E-state index contributed by atoms with van der Waals surface area (Å²) in [7, 11) is 2.02. The van der Waals surface area contributed by atoms with Gasteiger partial charge in [-0.15, -0.1) is 0 Å². The van der Waals surface area contributed by atoms with Crippen LogP contribution in [0.2, 0.25) is 0 Å². The third-order valence-corrected chi connectivity index (χ3v) is 5.28. The molecule has 25 heavy (non-hydrogen) atoms. The van der Waals surface area contributed by atoms with Gasteiger partial charge in [-0.25, -0.2) is 4.98 Å². The van der Waals surface area contributed by atoms with Gasteiger partial charge in [0, 0.05) is 38.6 Å². The third-order valence-electron chi connectivity index (χ3n) is 5.28. The number of benzene rings is 1. The average Bonchev–Trinajstić information content (AvgIpc) is 3.35. The quantitative estimate of drug-likeness (QED) is 0.875. The van der Waals surface area contributed by atoms with Crippen LogP contribution in [-0.4, -0.2) is 28.3 Å². The topological polar surface area (TPSA) is 48.3 Å². The molecule has 0 radical (unpaired) electrons. The molecule has 5 nitrogen and oxygen atoms in total. The molecule has 5 heteroatoms. The van der Waals surface area contributed by atoms with Crippen LogP contribution in [0.4, 0.5) is 0 Å². The summed E-state index contributed by atoms with van der Waals surface area (Å²) in [4.78, 5) is 4.45. The van der Waals surface area contributed by atoms with E-state index in [-0.39, 0.29) is 6.10 Å². The van der Waals surface area contributed by atoms with Crippen molar-refractivity contribution >= 4 is 0 Å².